The molecule has 88 valence electrons. The third-order valence-corrected chi connectivity index (χ3v) is 2.22. The number of carboxylic acids is 1. The van der Waals surface area contributed by atoms with Crippen molar-refractivity contribution >= 4 is 5.97 Å². The summed E-state index contributed by atoms with van der Waals surface area (Å²) >= 11 is 0. The van der Waals surface area contributed by atoms with Gasteiger partial charge in [0.1, 0.15) is 17.1 Å². The van der Waals surface area contributed by atoms with Crippen molar-refractivity contribution in [3.63, 3.8) is 0 Å². The summed E-state index contributed by atoms with van der Waals surface area (Å²) in [6.45, 7) is 0. The van der Waals surface area contributed by atoms with Crippen LogP contribution in [0, 0.1) is 11.3 Å². The molecule has 2 rings (SSSR count). The molecule has 0 unspecified atom stereocenters. The first-order valence-corrected chi connectivity index (χ1v) is 5.06. The minimum Gasteiger partial charge on any atom is -0.477 e. The van der Waals surface area contributed by atoms with Crippen LogP contribution in [0.2, 0.25) is 0 Å². The molecule has 0 saturated carbocycles. The Labute approximate surface area is 103 Å². The molecule has 0 fully saturated rings. The largest absolute Gasteiger partial charge is 0.477 e. The highest BCUT2D eigenvalue weighted by atomic mass is 16.5. The molecular formula is C13H8N2O3. The Kier molecular flexibility index (Phi) is 3.21. The zero-order chi connectivity index (χ0) is 13.0. The van der Waals surface area contributed by atoms with Crippen LogP contribution in [0.25, 0.3) is 0 Å². The van der Waals surface area contributed by atoms with Crippen molar-refractivity contribution in [2.45, 2.75) is 0 Å². The van der Waals surface area contributed by atoms with E-state index in [-0.39, 0.29) is 11.3 Å². The third-order valence-electron chi connectivity index (χ3n) is 2.22. The highest BCUT2D eigenvalue weighted by molar-refractivity contribution is 5.90. The molecule has 0 aliphatic carbocycles. The highest BCUT2D eigenvalue weighted by Crippen LogP contribution is 2.24. The molecule has 0 spiro atoms. The van der Waals surface area contributed by atoms with Gasteiger partial charge in [0.15, 0.2) is 0 Å². The van der Waals surface area contributed by atoms with Crippen LogP contribution < -0.4 is 4.74 Å². The summed E-state index contributed by atoms with van der Waals surface area (Å²) in [5, 5.41) is 17.6. The van der Waals surface area contributed by atoms with Gasteiger partial charge in [0, 0.05) is 18.5 Å². The van der Waals surface area contributed by atoms with Crippen LogP contribution in [0.4, 0.5) is 0 Å². The molecule has 2 aromatic rings. The molecule has 1 aromatic heterocycles. The van der Waals surface area contributed by atoms with Crippen molar-refractivity contribution in [1.29, 1.82) is 5.26 Å². The van der Waals surface area contributed by atoms with Crippen LogP contribution >= 0.6 is 0 Å². The van der Waals surface area contributed by atoms with Gasteiger partial charge in [-0.05, 0) is 24.3 Å². The van der Waals surface area contributed by atoms with E-state index < -0.39 is 5.97 Å². The van der Waals surface area contributed by atoms with E-state index in [1.165, 1.54) is 18.5 Å². The minimum atomic E-state index is -1.10. The number of benzene rings is 1. The lowest BCUT2D eigenvalue weighted by molar-refractivity contribution is 0.0693. The number of carbonyl (C=O) groups is 1. The van der Waals surface area contributed by atoms with Gasteiger partial charge in [-0.1, -0.05) is 0 Å². The lowest BCUT2D eigenvalue weighted by Crippen LogP contribution is -2.00. The average Bonchev–Trinajstić information content (AvgIpc) is 2.40. The first-order valence-electron chi connectivity index (χ1n) is 5.06. The standard InChI is InChI=1S/C13H8N2O3/c14-7-9-1-3-10(4-2-9)18-12-5-6-15-8-11(12)13(16)17/h1-6,8H,(H,16,17). The van der Waals surface area contributed by atoms with Crippen molar-refractivity contribution in [1.82, 2.24) is 4.98 Å². The Morgan fingerprint density at radius 1 is 1.28 bits per heavy atom. The van der Waals surface area contributed by atoms with Gasteiger partial charge in [0.2, 0.25) is 0 Å². The number of ether oxygens (including phenoxy) is 1. The normalized spacial score (nSPS) is 9.50. The van der Waals surface area contributed by atoms with Crippen molar-refractivity contribution in [2.75, 3.05) is 0 Å². The van der Waals surface area contributed by atoms with Gasteiger partial charge < -0.3 is 9.84 Å². The Morgan fingerprint density at radius 3 is 2.61 bits per heavy atom. The van der Waals surface area contributed by atoms with Crippen molar-refractivity contribution in [2.24, 2.45) is 0 Å². The summed E-state index contributed by atoms with van der Waals surface area (Å²) < 4.78 is 5.44. The molecule has 1 aromatic carbocycles. The molecule has 0 aliphatic heterocycles. The molecule has 5 nitrogen and oxygen atoms in total. The number of hydrogen-bond acceptors (Lipinski definition) is 4. The molecule has 18 heavy (non-hydrogen) atoms. The highest BCUT2D eigenvalue weighted by Gasteiger charge is 2.11. The van der Waals surface area contributed by atoms with Crippen molar-refractivity contribution in [3.05, 3.63) is 53.9 Å². The van der Waals surface area contributed by atoms with Crippen LogP contribution in [0.1, 0.15) is 15.9 Å². The van der Waals surface area contributed by atoms with E-state index in [9.17, 15) is 4.79 Å². The van der Waals surface area contributed by atoms with Gasteiger partial charge in [-0.3, -0.25) is 4.98 Å². The van der Waals surface area contributed by atoms with Crippen LogP contribution in [-0.2, 0) is 0 Å². The Morgan fingerprint density at radius 2 is 2.00 bits per heavy atom. The zero-order valence-electron chi connectivity index (χ0n) is 9.20. The second-order valence-electron chi connectivity index (χ2n) is 3.42. The van der Waals surface area contributed by atoms with Crippen LogP contribution in [-0.4, -0.2) is 16.1 Å². The summed E-state index contributed by atoms with van der Waals surface area (Å²) in [6, 6.07) is 9.85. The molecule has 0 bridgehead atoms. The van der Waals surface area contributed by atoms with Gasteiger partial charge in [0.25, 0.3) is 0 Å². The number of pyridine rings is 1. The van der Waals surface area contributed by atoms with Gasteiger partial charge >= 0.3 is 5.97 Å². The monoisotopic (exact) mass is 240 g/mol. The second-order valence-corrected chi connectivity index (χ2v) is 3.42. The average molecular weight is 240 g/mol. The molecule has 1 N–H and O–H groups in total. The smallest absolute Gasteiger partial charge is 0.341 e. The molecule has 0 saturated heterocycles. The fraction of sp³-hybridized carbons (Fsp3) is 0. The summed E-state index contributed by atoms with van der Waals surface area (Å²) in [5.74, 6) is -0.434. The first kappa shape index (κ1) is 11.6. The van der Waals surface area contributed by atoms with Gasteiger partial charge in [0.05, 0.1) is 11.6 Å². The minimum absolute atomic E-state index is 0.0122. The number of hydrogen-bond donors (Lipinski definition) is 1. The van der Waals surface area contributed by atoms with Crippen molar-refractivity contribution in [3.8, 4) is 17.6 Å². The predicted molar refractivity (Wildman–Crippen MR) is 62.4 cm³/mol. The topological polar surface area (TPSA) is 83.2 Å². The fourth-order valence-corrected chi connectivity index (χ4v) is 1.36. The van der Waals surface area contributed by atoms with E-state index >= 15 is 0 Å². The first-order chi connectivity index (χ1) is 8.70. The fourth-order valence-electron chi connectivity index (χ4n) is 1.36. The summed E-state index contributed by atoms with van der Waals surface area (Å²) in [7, 11) is 0. The maximum atomic E-state index is 10.9. The SMILES string of the molecule is N#Cc1ccc(Oc2ccncc2C(=O)O)cc1. The Hall–Kier alpha value is -2.87. The molecule has 5 heteroatoms. The van der Waals surface area contributed by atoms with Crippen molar-refractivity contribution < 1.29 is 14.6 Å². The lowest BCUT2D eigenvalue weighted by Gasteiger charge is -2.07. The van der Waals surface area contributed by atoms with E-state index in [1.54, 1.807) is 24.3 Å². The van der Waals surface area contributed by atoms with E-state index in [0.717, 1.165) is 0 Å². The second kappa shape index (κ2) is 4.97. The third kappa shape index (κ3) is 2.44. The molecule has 0 radical (unpaired) electrons. The molecule has 1 heterocycles. The van der Waals surface area contributed by atoms with Gasteiger partial charge in [-0.25, -0.2) is 4.79 Å². The molecule has 0 amide bonds. The number of rotatable bonds is 3. The Balaban J connectivity index is 2.28. The number of aromatic nitrogens is 1. The number of carboxylic acid groups (broad SMARTS) is 1. The van der Waals surface area contributed by atoms with Gasteiger partial charge in [-0.2, -0.15) is 5.26 Å². The van der Waals surface area contributed by atoms with E-state index in [1.807, 2.05) is 6.07 Å². The molecule has 0 atom stereocenters. The number of nitriles is 1. The van der Waals surface area contributed by atoms with Gasteiger partial charge in [-0.15, -0.1) is 0 Å². The maximum Gasteiger partial charge on any atom is 0.341 e. The lowest BCUT2D eigenvalue weighted by atomic mass is 10.2. The predicted octanol–water partition coefficient (Wildman–Crippen LogP) is 2.44. The Bertz CT molecular complexity index is 615. The summed E-state index contributed by atoms with van der Waals surface area (Å²) in [4.78, 5) is 14.7. The van der Waals surface area contributed by atoms with E-state index in [4.69, 9.17) is 15.1 Å². The van der Waals surface area contributed by atoms with Crippen LogP contribution in [0.5, 0.6) is 11.5 Å². The number of aromatic carboxylic acids is 1. The zero-order valence-corrected chi connectivity index (χ0v) is 9.20. The van der Waals surface area contributed by atoms with Crippen LogP contribution in [0.3, 0.4) is 0 Å². The van der Waals surface area contributed by atoms with Crippen LogP contribution in [0.15, 0.2) is 42.7 Å². The molecular weight excluding hydrogens is 232 g/mol. The van der Waals surface area contributed by atoms with E-state index in [0.29, 0.717) is 11.3 Å². The summed E-state index contributed by atoms with van der Waals surface area (Å²) in [5.41, 5.74) is 0.498. The maximum absolute atomic E-state index is 10.9. The number of nitrogens with zero attached hydrogens (tertiary/aromatic N) is 2. The quantitative estimate of drug-likeness (QED) is 0.890. The molecule has 0 aliphatic rings. The summed E-state index contributed by atoms with van der Waals surface area (Å²) in [6.07, 6.45) is 2.67. The van der Waals surface area contributed by atoms with E-state index in [2.05, 4.69) is 4.98 Å².